The van der Waals surface area contributed by atoms with E-state index >= 15 is 0 Å². The lowest BCUT2D eigenvalue weighted by molar-refractivity contribution is -0.145. The van der Waals surface area contributed by atoms with Gasteiger partial charge >= 0.3 is 11.9 Å². The number of allylic oxidation sites excluding steroid dienone is 2. The molecule has 0 aromatic carbocycles. The Kier molecular flexibility index (Phi) is 19.6. The Morgan fingerprint density at radius 1 is 0.500 bits per heavy atom. The third-order valence-corrected chi connectivity index (χ3v) is 6.56. The SMILES string of the molecule is CC(=O)OC1C=CCCCCCCCCCCC=CC(OC(C)=O)CCCCCCCCCC1. The number of hydrogen-bond donors (Lipinski definition) is 0. The van der Waals surface area contributed by atoms with E-state index in [-0.39, 0.29) is 24.1 Å². The Hall–Kier alpha value is -1.58. The van der Waals surface area contributed by atoms with Gasteiger partial charge in [0.15, 0.2) is 0 Å². The zero-order valence-corrected chi connectivity index (χ0v) is 22.2. The fourth-order valence-corrected chi connectivity index (χ4v) is 4.65. The third kappa shape index (κ3) is 19.9. The second-order valence-electron chi connectivity index (χ2n) is 9.96. The molecule has 4 heteroatoms. The van der Waals surface area contributed by atoms with E-state index < -0.39 is 0 Å². The molecular formula is C30H52O4. The first kappa shape index (κ1) is 30.5. The monoisotopic (exact) mass is 476 g/mol. The van der Waals surface area contributed by atoms with Crippen LogP contribution in [-0.4, -0.2) is 24.1 Å². The van der Waals surface area contributed by atoms with E-state index in [4.69, 9.17) is 9.47 Å². The Morgan fingerprint density at radius 3 is 1.12 bits per heavy atom. The van der Waals surface area contributed by atoms with Crippen LogP contribution in [0.25, 0.3) is 0 Å². The van der Waals surface area contributed by atoms with Gasteiger partial charge in [-0.05, 0) is 63.5 Å². The highest BCUT2D eigenvalue weighted by Crippen LogP contribution is 2.16. The average molecular weight is 477 g/mol. The summed E-state index contributed by atoms with van der Waals surface area (Å²) in [6, 6.07) is 0. The molecule has 0 aromatic rings. The van der Waals surface area contributed by atoms with Crippen molar-refractivity contribution in [3.63, 3.8) is 0 Å². The van der Waals surface area contributed by atoms with E-state index in [1.54, 1.807) is 0 Å². The van der Waals surface area contributed by atoms with Crippen LogP contribution in [0.5, 0.6) is 0 Å². The Balaban J connectivity index is 2.43. The zero-order chi connectivity index (χ0) is 24.7. The highest BCUT2D eigenvalue weighted by atomic mass is 16.5. The second kappa shape index (κ2) is 21.9. The summed E-state index contributed by atoms with van der Waals surface area (Å²) in [5.74, 6) is -0.360. The molecular weight excluding hydrogens is 424 g/mol. The normalized spacial score (nSPS) is 24.2. The van der Waals surface area contributed by atoms with Gasteiger partial charge in [-0.3, -0.25) is 9.59 Å². The Bertz CT molecular complexity index is 516. The Morgan fingerprint density at radius 2 is 0.794 bits per heavy atom. The number of ether oxygens (including phenoxy) is 2. The molecule has 0 aromatic heterocycles. The van der Waals surface area contributed by atoms with Crippen LogP contribution in [-0.2, 0) is 19.1 Å². The second-order valence-corrected chi connectivity index (χ2v) is 9.96. The van der Waals surface area contributed by atoms with Crippen LogP contribution in [0.2, 0.25) is 0 Å². The Labute approximate surface area is 209 Å². The van der Waals surface area contributed by atoms with Gasteiger partial charge in [0.25, 0.3) is 0 Å². The van der Waals surface area contributed by atoms with Crippen LogP contribution in [0, 0.1) is 0 Å². The highest BCUT2D eigenvalue weighted by molar-refractivity contribution is 5.66. The van der Waals surface area contributed by atoms with Crippen molar-refractivity contribution < 1.29 is 19.1 Å². The van der Waals surface area contributed by atoms with Crippen molar-refractivity contribution in [3.05, 3.63) is 24.3 Å². The minimum Gasteiger partial charge on any atom is -0.458 e. The molecule has 1 rings (SSSR count). The number of carbonyl (C=O) groups excluding carboxylic acids is 2. The molecule has 0 spiro atoms. The van der Waals surface area contributed by atoms with Crippen LogP contribution >= 0.6 is 0 Å². The van der Waals surface area contributed by atoms with Crippen molar-refractivity contribution in [3.8, 4) is 0 Å². The zero-order valence-electron chi connectivity index (χ0n) is 22.2. The lowest BCUT2D eigenvalue weighted by Crippen LogP contribution is -2.13. The molecule has 0 saturated heterocycles. The van der Waals surface area contributed by atoms with Crippen LogP contribution in [0.3, 0.4) is 0 Å². The van der Waals surface area contributed by atoms with Gasteiger partial charge in [0.1, 0.15) is 12.2 Å². The molecule has 34 heavy (non-hydrogen) atoms. The predicted molar refractivity (Wildman–Crippen MR) is 142 cm³/mol. The fraction of sp³-hybridized carbons (Fsp3) is 0.800. The molecule has 0 heterocycles. The van der Waals surface area contributed by atoms with Crippen LogP contribution in [0.4, 0.5) is 0 Å². The van der Waals surface area contributed by atoms with Crippen molar-refractivity contribution >= 4 is 11.9 Å². The first-order valence-electron chi connectivity index (χ1n) is 14.3. The summed E-state index contributed by atoms with van der Waals surface area (Å²) in [7, 11) is 0. The summed E-state index contributed by atoms with van der Waals surface area (Å²) in [5, 5.41) is 0. The van der Waals surface area contributed by atoms with Crippen molar-refractivity contribution in [1.82, 2.24) is 0 Å². The topological polar surface area (TPSA) is 52.6 Å². The standard InChI is InChI=1S/C30H52O4/c1-27(31)33-29-23-19-15-11-7-5-3-4-6-8-12-16-20-24-30(34-28(2)32)26-22-18-14-10-9-13-17-21-25-29/h19-20,23-24,29-30H,3-18,21-22,25-26H2,1-2H3. The van der Waals surface area contributed by atoms with E-state index in [1.807, 2.05) is 0 Å². The number of rotatable bonds is 2. The molecule has 0 fully saturated rings. The molecule has 0 N–H and O–H groups in total. The smallest absolute Gasteiger partial charge is 0.303 e. The summed E-state index contributed by atoms with van der Waals surface area (Å²) in [6.45, 7) is 3.02. The summed E-state index contributed by atoms with van der Waals surface area (Å²) >= 11 is 0. The maximum Gasteiger partial charge on any atom is 0.303 e. The summed E-state index contributed by atoms with van der Waals surface area (Å²) < 4.78 is 11.0. The molecule has 2 atom stereocenters. The van der Waals surface area contributed by atoms with Crippen molar-refractivity contribution in [1.29, 1.82) is 0 Å². The first-order valence-corrected chi connectivity index (χ1v) is 14.3. The van der Waals surface area contributed by atoms with Gasteiger partial charge in [0.05, 0.1) is 0 Å². The quantitative estimate of drug-likeness (QED) is 0.295. The predicted octanol–water partition coefficient (Wildman–Crippen LogP) is 8.78. The number of carbonyl (C=O) groups is 2. The molecule has 0 aliphatic heterocycles. The van der Waals surface area contributed by atoms with E-state index in [1.165, 1.54) is 104 Å². The summed E-state index contributed by atoms with van der Waals surface area (Å²) in [5.41, 5.74) is 0. The molecule has 0 amide bonds. The number of hydrogen-bond acceptors (Lipinski definition) is 4. The molecule has 0 saturated carbocycles. The van der Waals surface area contributed by atoms with E-state index in [2.05, 4.69) is 24.3 Å². The summed E-state index contributed by atoms with van der Waals surface area (Å²) in [4.78, 5) is 22.9. The molecule has 196 valence electrons. The molecule has 0 radical (unpaired) electrons. The minimum absolute atomic E-state index is 0.0599. The largest absolute Gasteiger partial charge is 0.458 e. The van der Waals surface area contributed by atoms with Crippen molar-refractivity contribution in [2.24, 2.45) is 0 Å². The van der Waals surface area contributed by atoms with E-state index in [0.29, 0.717) is 0 Å². The minimum atomic E-state index is -0.180. The van der Waals surface area contributed by atoms with Gasteiger partial charge in [0.2, 0.25) is 0 Å². The van der Waals surface area contributed by atoms with Crippen LogP contribution in [0.1, 0.15) is 142 Å². The van der Waals surface area contributed by atoms with Gasteiger partial charge in [-0.2, -0.15) is 0 Å². The van der Waals surface area contributed by atoms with Crippen molar-refractivity contribution in [2.45, 2.75) is 154 Å². The van der Waals surface area contributed by atoms with Gasteiger partial charge in [-0.1, -0.05) is 89.2 Å². The maximum atomic E-state index is 11.4. The molecule has 4 nitrogen and oxygen atoms in total. The summed E-state index contributed by atoms with van der Waals surface area (Å²) in [6.07, 6.45) is 32.5. The molecule has 1 aliphatic carbocycles. The van der Waals surface area contributed by atoms with E-state index in [9.17, 15) is 9.59 Å². The maximum absolute atomic E-state index is 11.4. The molecule has 1 aliphatic rings. The number of esters is 2. The van der Waals surface area contributed by atoms with E-state index in [0.717, 1.165) is 38.5 Å². The van der Waals surface area contributed by atoms with Crippen LogP contribution < -0.4 is 0 Å². The van der Waals surface area contributed by atoms with Crippen molar-refractivity contribution in [2.75, 3.05) is 0 Å². The first-order chi connectivity index (χ1) is 16.6. The van der Waals surface area contributed by atoms with Gasteiger partial charge < -0.3 is 9.47 Å². The highest BCUT2D eigenvalue weighted by Gasteiger charge is 2.09. The van der Waals surface area contributed by atoms with Crippen LogP contribution in [0.15, 0.2) is 24.3 Å². The average Bonchev–Trinajstić information content (AvgIpc) is 2.78. The third-order valence-electron chi connectivity index (χ3n) is 6.56. The van der Waals surface area contributed by atoms with Gasteiger partial charge in [0, 0.05) is 13.8 Å². The lowest BCUT2D eigenvalue weighted by atomic mass is 10.0. The van der Waals surface area contributed by atoms with Gasteiger partial charge in [-0.25, -0.2) is 0 Å². The fourth-order valence-electron chi connectivity index (χ4n) is 4.65. The molecule has 0 bridgehead atoms. The van der Waals surface area contributed by atoms with Gasteiger partial charge in [-0.15, -0.1) is 0 Å². The molecule has 2 unspecified atom stereocenters. The lowest BCUT2D eigenvalue weighted by Gasteiger charge is -2.13.